The highest BCUT2D eigenvalue weighted by Crippen LogP contribution is 2.07. The maximum atomic E-state index is 11.6. The molecule has 0 spiro atoms. The Labute approximate surface area is 96.1 Å². The van der Waals surface area contributed by atoms with Crippen LogP contribution >= 0.6 is 0 Å². The van der Waals surface area contributed by atoms with Crippen LogP contribution in [0.3, 0.4) is 0 Å². The molecule has 0 radical (unpaired) electrons. The number of carbonyl (C=O) groups excluding carboxylic acids is 2. The molecule has 0 aromatic heterocycles. The van der Waals surface area contributed by atoms with Crippen molar-refractivity contribution in [3.05, 3.63) is 0 Å². The Bertz CT molecular complexity index is 271. The average molecular weight is 228 g/mol. The molecule has 1 fully saturated rings. The van der Waals surface area contributed by atoms with Gasteiger partial charge in [-0.1, -0.05) is 0 Å². The van der Waals surface area contributed by atoms with Crippen LogP contribution in [0.4, 0.5) is 0 Å². The maximum Gasteiger partial charge on any atom is 0.242 e. The molecule has 0 aliphatic carbocycles. The number of nitrogens with zero attached hydrogens (tertiary/aromatic N) is 1. The molecule has 1 rings (SSSR count). The Morgan fingerprint density at radius 2 is 2.06 bits per heavy atom. The van der Waals surface area contributed by atoms with Crippen molar-refractivity contribution in [2.45, 2.75) is 32.8 Å². The standard InChI is InChI=1S/C11H20N2O3/c1-11(2,3)16-7-6-13-5-4-9(14)12-8-10(13)15/h4-8H2,1-3H3,(H,12,14). The van der Waals surface area contributed by atoms with Gasteiger partial charge in [-0.25, -0.2) is 0 Å². The summed E-state index contributed by atoms with van der Waals surface area (Å²) in [7, 11) is 0. The Morgan fingerprint density at radius 3 is 2.69 bits per heavy atom. The highest BCUT2D eigenvalue weighted by molar-refractivity contribution is 5.87. The van der Waals surface area contributed by atoms with Gasteiger partial charge in [-0.2, -0.15) is 0 Å². The van der Waals surface area contributed by atoms with E-state index in [2.05, 4.69) is 5.32 Å². The van der Waals surface area contributed by atoms with E-state index in [0.29, 0.717) is 26.1 Å². The molecule has 16 heavy (non-hydrogen) atoms. The maximum absolute atomic E-state index is 11.6. The number of ether oxygens (including phenoxy) is 1. The van der Waals surface area contributed by atoms with E-state index in [1.165, 1.54) is 0 Å². The second kappa shape index (κ2) is 5.30. The van der Waals surface area contributed by atoms with Gasteiger partial charge in [0.25, 0.3) is 0 Å². The van der Waals surface area contributed by atoms with E-state index in [1.54, 1.807) is 4.90 Å². The van der Waals surface area contributed by atoms with E-state index in [1.807, 2.05) is 20.8 Å². The van der Waals surface area contributed by atoms with E-state index in [0.717, 1.165) is 0 Å². The minimum absolute atomic E-state index is 0.0386. The van der Waals surface area contributed by atoms with Crippen LogP contribution in [-0.4, -0.2) is 48.6 Å². The molecule has 1 N–H and O–H groups in total. The summed E-state index contributed by atoms with van der Waals surface area (Å²) in [6.07, 6.45) is 0.376. The van der Waals surface area contributed by atoms with Gasteiger partial charge in [-0.15, -0.1) is 0 Å². The van der Waals surface area contributed by atoms with Crippen molar-refractivity contribution in [3.8, 4) is 0 Å². The molecule has 0 aromatic rings. The largest absolute Gasteiger partial charge is 0.374 e. The predicted molar refractivity (Wildman–Crippen MR) is 59.9 cm³/mol. The van der Waals surface area contributed by atoms with Crippen LogP contribution in [0.1, 0.15) is 27.2 Å². The lowest BCUT2D eigenvalue weighted by atomic mass is 10.2. The van der Waals surface area contributed by atoms with Gasteiger partial charge in [0.15, 0.2) is 0 Å². The van der Waals surface area contributed by atoms with E-state index < -0.39 is 0 Å². The molecule has 2 amide bonds. The highest BCUT2D eigenvalue weighted by atomic mass is 16.5. The number of amides is 2. The van der Waals surface area contributed by atoms with Crippen LogP contribution in [0, 0.1) is 0 Å². The monoisotopic (exact) mass is 228 g/mol. The first-order valence-electron chi connectivity index (χ1n) is 5.57. The van der Waals surface area contributed by atoms with Crippen molar-refractivity contribution in [2.24, 2.45) is 0 Å². The van der Waals surface area contributed by atoms with Gasteiger partial charge in [0.1, 0.15) is 0 Å². The quantitative estimate of drug-likeness (QED) is 0.748. The molecule has 1 aliphatic rings. The predicted octanol–water partition coefficient (Wildman–Crippen LogP) is 0.150. The third-order valence-corrected chi connectivity index (χ3v) is 2.29. The zero-order chi connectivity index (χ0) is 12.2. The minimum Gasteiger partial charge on any atom is -0.374 e. The van der Waals surface area contributed by atoms with E-state index in [4.69, 9.17) is 4.74 Å². The van der Waals surface area contributed by atoms with Crippen LogP contribution in [0.5, 0.6) is 0 Å². The summed E-state index contributed by atoms with van der Waals surface area (Å²) < 4.78 is 5.55. The molecule has 5 nitrogen and oxygen atoms in total. The second-order valence-corrected chi connectivity index (χ2v) is 4.87. The number of carbonyl (C=O) groups is 2. The first kappa shape index (κ1) is 13.0. The molecule has 0 unspecified atom stereocenters. The summed E-state index contributed by atoms with van der Waals surface area (Å²) in [5.74, 6) is -0.101. The summed E-state index contributed by atoms with van der Waals surface area (Å²) in [5, 5.41) is 2.56. The Hall–Kier alpha value is -1.10. The number of hydrogen-bond donors (Lipinski definition) is 1. The average Bonchev–Trinajstić information content (AvgIpc) is 2.30. The molecule has 1 saturated heterocycles. The first-order valence-corrected chi connectivity index (χ1v) is 5.57. The topological polar surface area (TPSA) is 58.6 Å². The van der Waals surface area contributed by atoms with Crippen molar-refractivity contribution >= 4 is 11.8 Å². The molecule has 0 saturated carbocycles. The third kappa shape index (κ3) is 4.61. The zero-order valence-electron chi connectivity index (χ0n) is 10.2. The van der Waals surface area contributed by atoms with Crippen LogP contribution in [0.2, 0.25) is 0 Å². The van der Waals surface area contributed by atoms with Crippen molar-refractivity contribution < 1.29 is 14.3 Å². The van der Waals surface area contributed by atoms with Gasteiger partial charge >= 0.3 is 0 Å². The smallest absolute Gasteiger partial charge is 0.242 e. The molecule has 1 aliphatic heterocycles. The second-order valence-electron chi connectivity index (χ2n) is 4.87. The minimum atomic E-state index is -0.192. The highest BCUT2D eigenvalue weighted by Gasteiger charge is 2.20. The van der Waals surface area contributed by atoms with E-state index in [9.17, 15) is 9.59 Å². The Morgan fingerprint density at radius 1 is 1.38 bits per heavy atom. The van der Waals surface area contributed by atoms with Crippen molar-refractivity contribution in [1.82, 2.24) is 10.2 Å². The normalized spacial score (nSPS) is 18.3. The molecular formula is C11H20N2O3. The van der Waals surface area contributed by atoms with Crippen LogP contribution < -0.4 is 5.32 Å². The van der Waals surface area contributed by atoms with Crippen molar-refractivity contribution in [1.29, 1.82) is 0 Å². The van der Waals surface area contributed by atoms with Crippen LogP contribution in [0.15, 0.2) is 0 Å². The lowest BCUT2D eigenvalue weighted by Gasteiger charge is -2.24. The number of nitrogens with one attached hydrogen (secondary N) is 1. The summed E-state index contributed by atoms with van der Waals surface area (Å²) in [6, 6.07) is 0. The lowest BCUT2D eigenvalue weighted by molar-refractivity contribution is -0.131. The fraction of sp³-hybridized carbons (Fsp3) is 0.818. The Kier molecular flexibility index (Phi) is 4.29. The third-order valence-electron chi connectivity index (χ3n) is 2.29. The molecule has 0 aromatic carbocycles. The van der Waals surface area contributed by atoms with Crippen molar-refractivity contribution in [2.75, 3.05) is 26.2 Å². The SMILES string of the molecule is CC(C)(C)OCCN1CCC(=O)NCC1=O. The lowest BCUT2D eigenvalue weighted by Crippen LogP contribution is -2.38. The van der Waals surface area contributed by atoms with Gasteiger partial charge in [0.2, 0.25) is 11.8 Å². The molecule has 92 valence electrons. The fourth-order valence-electron chi connectivity index (χ4n) is 1.43. The number of rotatable bonds is 3. The summed E-state index contributed by atoms with van der Waals surface area (Å²) in [4.78, 5) is 24.3. The van der Waals surface area contributed by atoms with Crippen LogP contribution in [0.25, 0.3) is 0 Å². The fourth-order valence-corrected chi connectivity index (χ4v) is 1.43. The number of hydrogen-bond acceptors (Lipinski definition) is 3. The van der Waals surface area contributed by atoms with Gasteiger partial charge in [-0.05, 0) is 20.8 Å². The zero-order valence-corrected chi connectivity index (χ0v) is 10.2. The first-order chi connectivity index (χ1) is 7.38. The molecular weight excluding hydrogens is 208 g/mol. The van der Waals surface area contributed by atoms with E-state index >= 15 is 0 Å². The molecule has 5 heteroatoms. The van der Waals surface area contributed by atoms with Gasteiger partial charge in [0.05, 0.1) is 18.8 Å². The molecule has 1 heterocycles. The van der Waals surface area contributed by atoms with Crippen molar-refractivity contribution in [3.63, 3.8) is 0 Å². The summed E-state index contributed by atoms with van der Waals surface area (Å²) in [5.41, 5.74) is -0.192. The summed E-state index contributed by atoms with van der Waals surface area (Å²) >= 11 is 0. The van der Waals surface area contributed by atoms with Crippen LogP contribution in [-0.2, 0) is 14.3 Å². The van der Waals surface area contributed by atoms with E-state index in [-0.39, 0.29) is 24.0 Å². The summed E-state index contributed by atoms with van der Waals surface area (Å²) in [6.45, 7) is 7.56. The van der Waals surface area contributed by atoms with Gasteiger partial charge in [0, 0.05) is 19.5 Å². The Balaban J connectivity index is 2.35. The van der Waals surface area contributed by atoms with Gasteiger partial charge in [-0.3, -0.25) is 9.59 Å². The molecule has 0 atom stereocenters. The molecule has 0 bridgehead atoms. The van der Waals surface area contributed by atoms with Gasteiger partial charge < -0.3 is 15.0 Å².